The second kappa shape index (κ2) is 6.37. The highest BCUT2D eigenvalue weighted by molar-refractivity contribution is 5.97. The third-order valence-corrected chi connectivity index (χ3v) is 2.69. The fraction of sp³-hybridized carbons (Fsp3) is 0.750. The summed E-state index contributed by atoms with van der Waals surface area (Å²) in [5.41, 5.74) is -0.663. The van der Waals surface area contributed by atoms with Gasteiger partial charge in [-0.1, -0.05) is 20.8 Å². The zero-order valence-electron chi connectivity index (χ0n) is 11.6. The van der Waals surface area contributed by atoms with Crippen molar-refractivity contribution in [2.45, 2.75) is 27.2 Å². The molecule has 1 unspecified atom stereocenters. The van der Waals surface area contributed by atoms with Gasteiger partial charge in [-0.2, -0.15) is 0 Å². The zero-order chi connectivity index (χ0) is 14.5. The van der Waals surface area contributed by atoms with E-state index < -0.39 is 23.2 Å². The Labute approximate surface area is 107 Å². The van der Waals surface area contributed by atoms with E-state index in [4.69, 9.17) is 5.11 Å². The van der Waals surface area contributed by atoms with E-state index in [1.807, 2.05) is 0 Å². The average molecular weight is 258 g/mol. The molecule has 1 atom stereocenters. The van der Waals surface area contributed by atoms with Gasteiger partial charge in [0.2, 0.25) is 11.8 Å². The van der Waals surface area contributed by atoms with E-state index >= 15 is 0 Å². The molecule has 0 aliphatic carbocycles. The molecule has 0 heterocycles. The summed E-state index contributed by atoms with van der Waals surface area (Å²) in [7, 11) is 3.02. The summed E-state index contributed by atoms with van der Waals surface area (Å²) in [4.78, 5) is 35.6. The Morgan fingerprint density at radius 1 is 1.28 bits per heavy atom. The first-order chi connectivity index (χ1) is 8.11. The number of hydrogen-bond donors (Lipinski definition) is 2. The molecule has 0 saturated heterocycles. The highest BCUT2D eigenvalue weighted by Gasteiger charge is 2.39. The smallest absolute Gasteiger partial charge is 0.316 e. The fourth-order valence-electron chi connectivity index (χ4n) is 1.57. The lowest BCUT2D eigenvalue weighted by atomic mass is 9.80. The van der Waals surface area contributed by atoms with Crippen molar-refractivity contribution >= 4 is 17.8 Å². The third kappa shape index (κ3) is 4.73. The molecule has 0 fully saturated rings. The number of carbonyl (C=O) groups excluding carboxylic acids is 2. The van der Waals surface area contributed by atoms with Crippen LogP contribution >= 0.6 is 0 Å². The summed E-state index contributed by atoms with van der Waals surface area (Å²) in [6, 6.07) is 0. The highest BCUT2D eigenvalue weighted by atomic mass is 16.4. The molecule has 0 aromatic heterocycles. The second-order valence-corrected chi connectivity index (χ2v) is 5.32. The largest absolute Gasteiger partial charge is 0.481 e. The number of carboxylic acids is 1. The monoisotopic (exact) mass is 258 g/mol. The highest BCUT2D eigenvalue weighted by Crippen LogP contribution is 2.27. The quantitative estimate of drug-likeness (QED) is 0.696. The average Bonchev–Trinajstić information content (AvgIpc) is 2.22. The van der Waals surface area contributed by atoms with Crippen molar-refractivity contribution in [1.29, 1.82) is 0 Å². The van der Waals surface area contributed by atoms with E-state index in [-0.39, 0.29) is 18.9 Å². The number of carboxylic acid groups (broad SMARTS) is 1. The molecule has 6 heteroatoms. The van der Waals surface area contributed by atoms with Crippen LogP contribution in [0.5, 0.6) is 0 Å². The summed E-state index contributed by atoms with van der Waals surface area (Å²) in [5.74, 6) is -2.90. The minimum Gasteiger partial charge on any atom is -0.481 e. The van der Waals surface area contributed by atoms with Gasteiger partial charge in [0.25, 0.3) is 0 Å². The van der Waals surface area contributed by atoms with Crippen LogP contribution in [0, 0.1) is 11.3 Å². The summed E-state index contributed by atoms with van der Waals surface area (Å²) < 4.78 is 0. The lowest BCUT2D eigenvalue weighted by Gasteiger charge is -2.29. The van der Waals surface area contributed by atoms with Crippen LogP contribution in [0.4, 0.5) is 0 Å². The lowest BCUT2D eigenvalue weighted by Crippen LogP contribution is -2.44. The van der Waals surface area contributed by atoms with Crippen LogP contribution in [0.1, 0.15) is 27.2 Å². The van der Waals surface area contributed by atoms with E-state index in [2.05, 4.69) is 5.32 Å². The van der Waals surface area contributed by atoms with Crippen molar-refractivity contribution in [2.75, 3.05) is 20.6 Å². The number of rotatable bonds is 5. The van der Waals surface area contributed by atoms with Crippen LogP contribution in [0.3, 0.4) is 0 Å². The maximum Gasteiger partial charge on any atom is 0.316 e. The van der Waals surface area contributed by atoms with Gasteiger partial charge < -0.3 is 15.3 Å². The number of nitrogens with one attached hydrogen (secondary N) is 1. The standard InChI is InChI=1S/C12H22N2O4/c1-12(2,3)9(11(17)18)10(16)14(5)7-6-8(15)13-4/h9H,6-7H2,1-5H3,(H,13,15)(H,17,18). The Kier molecular flexibility index (Phi) is 5.81. The summed E-state index contributed by atoms with van der Waals surface area (Å²) in [6.07, 6.45) is 0.162. The van der Waals surface area contributed by atoms with Gasteiger partial charge in [0, 0.05) is 27.1 Å². The van der Waals surface area contributed by atoms with Gasteiger partial charge in [-0.3, -0.25) is 14.4 Å². The number of nitrogens with zero attached hydrogens (tertiary/aromatic N) is 1. The van der Waals surface area contributed by atoms with Crippen molar-refractivity contribution in [1.82, 2.24) is 10.2 Å². The van der Waals surface area contributed by atoms with Gasteiger partial charge in [0.05, 0.1) is 0 Å². The Morgan fingerprint density at radius 3 is 2.11 bits per heavy atom. The first kappa shape index (κ1) is 16.4. The molecule has 104 valence electrons. The lowest BCUT2D eigenvalue weighted by molar-refractivity contribution is -0.155. The predicted molar refractivity (Wildman–Crippen MR) is 66.9 cm³/mol. The van der Waals surface area contributed by atoms with Crippen molar-refractivity contribution in [3.63, 3.8) is 0 Å². The number of amides is 2. The Morgan fingerprint density at radius 2 is 1.78 bits per heavy atom. The van der Waals surface area contributed by atoms with Crippen LogP contribution in [0.15, 0.2) is 0 Å². The van der Waals surface area contributed by atoms with E-state index in [0.29, 0.717) is 0 Å². The van der Waals surface area contributed by atoms with Gasteiger partial charge in [0.15, 0.2) is 0 Å². The fourth-order valence-corrected chi connectivity index (χ4v) is 1.57. The molecule has 0 bridgehead atoms. The van der Waals surface area contributed by atoms with Gasteiger partial charge in [-0.15, -0.1) is 0 Å². The number of aliphatic carboxylic acids is 1. The molecule has 0 aliphatic heterocycles. The van der Waals surface area contributed by atoms with Gasteiger partial charge in [-0.25, -0.2) is 0 Å². The van der Waals surface area contributed by atoms with Gasteiger partial charge in [0.1, 0.15) is 5.92 Å². The van der Waals surface area contributed by atoms with Crippen LogP contribution < -0.4 is 5.32 Å². The van der Waals surface area contributed by atoms with Gasteiger partial charge in [-0.05, 0) is 5.41 Å². The first-order valence-electron chi connectivity index (χ1n) is 5.79. The van der Waals surface area contributed by atoms with Crippen LogP contribution in [0.2, 0.25) is 0 Å². The minimum atomic E-state index is -1.14. The predicted octanol–water partition coefficient (Wildman–Crippen LogP) is 0.328. The summed E-state index contributed by atoms with van der Waals surface area (Å²) in [5, 5.41) is 11.6. The van der Waals surface area contributed by atoms with Crippen LogP contribution in [-0.4, -0.2) is 48.4 Å². The molecule has 0 spiro atoms. The van der Waals surface area contributed by atoms with E-state index in [1.54, 1.807) is 20.8 Å². The summed E-state index contributed by atoms with van der Waals surface area (Å²) in [6.45, 7) is 5.32. The Balaban J connectivity index is 4.69. The molecule has 0 aliphatic rings. The minimum absolute atomic E-state index is 0.162. The van der Waals surface area contributed by atoms with E-state index in [1.165, 1.54) is 19.0 Å². The SMILES string of the molecule is CNC(=O)CCN(C)C(=O)C(C(=O)O)C(C)(C)C. The zero-order valence-corrected chi connectivity index (χ0v) is 11.6. The Bertz CT molecular complexity index is 333. The van der Waals surface area contributed by atoms with Crippen LogP contribution in [-0.2, 0) is 14.4 Å². The van der Waals surface area contributed by atoms with Crippen molar-refractivity contribution in [3.05, 3.63) is 0 Å². The molecule has 0 aromatic carbocycles. The molecular formula is C12H22N2O4. The molecular weight excluding hydrogens is 236 g/mol. The molecule has 2 amide bonds. The van der Waals surface area contributed by atoms with E-state index in [0.717, 1.165) is 0 Å². The summed E-state index contributed by atoms with van der Waals surface area (Å²) >= 11 is 0. The molecule has 6 nitrogen and oxygen atoms in total. The van der Waals surface area contributed by atoms with Gasteiger partial charge >= 0.3 is 5.97 Å². The number of carbonyl (C=O) groups is 3. The Hall–Kier alpha value is -1.59. The first-order valence-corrected chi connectivity index (χ1v) is 5.79. The van der Waals surface area contributed by atoms with E-state index in [9.17, 15) is 14.4 Å². The maximum atomic E-state index is 12.0. The maximum absolute atomic E-state index is 12.0. The second-order valence-electron chi connectivity index (χ2n) is 5.32. The molecule has 0 radical (unpaired) electrons. The molecule has 2 N–H and O–H groups in total. The number of hydrogen-bond acceptors (Lipinski definition) is 3. The molecule has 0 aromatic rings. The molecule has 0 rings (SSSR count). The topological polar surface area (TPSA) is 86.7 Å². The molecule has 0 saturated carbocycles. The van der Waals surface area contributed by atoms with Crippen molar-refractivity contribution < 1.29 is 19.5 Å². The van der Waals surface area contributed by atoms with Crippen molar-refractivity contribution in [3.8, 4) is 0 Å². The third-order valence-electron chi connectivity index (χ3n) is 2.69. The molecule has 18 heavy (non-hydrogen) atoms. The normalized spacial score (nSPS) is 12.7. The van der Waals surface area contributed by atoms with Crippen LogP contribution in [0.25, 0.3) is 0 Å². The van der Waals surface area contributed by atoms with Crippen molar-refractivity contribution in [2.24, 2.45) is 11.3 Å².